The van der Waals surface area contributed by atoms with Crippen molar-refractivity contribution < 1.29 is 0 Å². The zero-order valence-corrected chi connectivity index (χ0v) is 11.3. The third-order valence-corrected chi connectivity index (χ3v) is 4.50. The molecular weight excluding hydrogens is 245 g/mol. The molecule has 1 heterocycles. The molecule has 1 saturated carbocycles. The summed E-state index contributed by atoms with van der Waals surface area (Å²) < 4.78 is 0. The Balaban J connectivity index is 2.21. The van der Waals surface area contributed by atoms with Gasteiger partial charge in [0.1, 0.15) is 0 Å². The second-order valence-corrected chi connectivity index (χ2v) is 6.14. The van der Waals surface area contributed by atoms with Crippen LogP contribution in [0.15, 0.2) is 6.07 Å². The molecule has 1 N–H and O–H groups in total. The van der Waals surface area contributed by atoms with Crippen LogP contribution in [0.4, 0.5) is 5.69 Å². The van der Waals surface area contributed by atoms with Crippen molar-refractivity contribution in [1.82, 2.24) is 10.2 Å². The second-order valence-electron chi connectivity index (χ2n) is 5.39. The van der Waals surface area contributed by atoms with Gasteiger partial charge in [-0.1, -0.05) is 50.9 Å². The highest BCUT2D eigenvalue weighted by atomic mass is 35.5. The van der Waals surface area contributed by atoms with E-state index in [2.05, 4.69) is 43.2 Å². The fourth-order valence-corrected chi connectivity index (χ4v) is 2.46. The molecule has 1 aliphatic carbocycles. The molecule has 0 amide bonds. The summed E-state index contributed by atoms with van der Waals surface area (Å²) in [6, 6.07) is 2.08. The van der Waals surface area contributed by atoms with Gasteiger partial charge in [0.15, 0.2) is 10.3 Å². The Kier molecular flexibility index (Phi) is 2.59. The van der Waals surface area contributed by atoms with Gasteiger partial charge in [0, 0.05) is 12.1 Å². The number of halogens is 2. The Morgan fingerprint density at radius 1 is 1.12 bits per heavy atom. The lowest BCUT2D eigenvalue weighted by molar-refractivity contribution is 0.457. The average molecular weight is 260 g/mol. The van der Waals surface area contributed by atoms with Gasteiger partial charge in [-0.05, 0) is 10.8 Å². The predicted octanol–water partition coefficient (Wildman–Crippen LogP) is 3.63. The summed E-state index contributed by atoms with van der Waals surface area (Å²) in [6.07, 6.45) is 0. The standard InChI is InChI=1S/C11H15Cl2N3/c1-10(2)9(11(10,3)4)14-6-5-7(12)15-16-8(6)13/h5,9H,1-4H3,(H,14,15). The molecule has 0 aliphatic heterocycles. The Hall–Kier alpha value is -0.540. The first-order valence-corrected chi connectivity index (χ1v) is 5.97. The summed E-state index contributed by atoms with van der Waals surface area (Å²) in [6.45, 7) is 8.92. The van der Waals surface area contributed by atoms with Crippen LogP contribution in [0, 0.1) is 10.8 Å². The molecule has 16 heavy (non-hydrogen) atoms. The second kappa shape index (κ2) is 3.47. The largest absolute Gasteiger partial charge is 0.379 e. The van der Waals surface area contributed by atoms with Crippen LogP contribution in [0.2, 0.25) is 10.3 Å². The fourth-order valence-electron chi connectivity index (χ4n) is 2.17. The van der Waals surface area contributed by atoms with E-state index in [0.29, 0.717) is 16.3 Å². The van der Waals surface area contributed by atoms with Crippen LogP contribution in [0.1, 0.15) is 27.7 Å². The Bertz CT molecular complexity index is 415. The van der Waals surface area contributed by atoms with Crippen LogP contribution < -0.4 is 5.32 Å². The lowest BCUT2D eigenvalue weighted by Gasteiger charge is -2.09. The molecule has 2 rings (SSSR count). The normalized spacial score (nSPS) is 21.9. The van der Waals surface area contributed by atoms with Gasteiger partial charge in [-0.25, -0.2) is 0 Å². The summed E-state index contributed by atoms with van der Waals surface area (Å²) in [5.41, 5.74) is 1.24. The van der Waals surface area contributed by atoms with Crippen molar-refractivity contribution in [2.75, 3.05) is 5.32 Å². The summed E-state index contributed by atoms with van der Waals surface area (Å²) in [5.74, 6) is 0. The quantitative estimate of drug-likeness (QED) is 0.882. The van der Waals surface area contributed by atoms with E-state index in [1.54, 1.807) is 6.07 Å². The molecular formula is C11H15Cl2N3. The van der Waals surface area contributed by atoms with Gasteiger partial charge < -0.3 is 5.32 Å². The van der Waals surface area contributed by atoms with Crippen LogP contribution in [-0.4, -0.2) is 16.2 Å². The maximum Gasteiger partial charge on any atom is 0.174 e. The zero-order chi connectivity index (χ0) is 12.1. The minimum Gasteiger partial charge on any atom is -0.379 e. The van der Waals surface area contributed by atoms with E-state index in [0.717, 1.165) is 5.69 Å². The molecule has 88 valence electrons. The van der Waals surface area contributed by atoms with Crippen molar-refractivity contribution in [3.05, 3.63) is 16.4 Å². The highest BCUT2D eigenvalue weighted by molar-refractivity contribution is 6.33. The molecule has 1 aliphatic rings. The van der Waals surface area contributed by atoms with Crippen molar-refractivity contribution in [2.45, 2.75) is 33.7 Å². The molecule has 0 atom stereocenters. The van der Waals surface area contributed by atoms with E-state index in [1.807, 2.05) is 0 Å². The van der Waals surface area contributed by atoms with E-state index < -0.39 is 0 Å². The summed E-state index contributed by atoms with van der Waals surface area (Å²) in [5, 5.41) is 11.6. The number of nitrogens with one attached hydrogen (secondary N) is 1. The number of nitrogens with zero attached hydrogens (tertiary/aromatic N) is 2. The minimum atomic E-state index is 0.242. The zero-order valence-electron chi connectivity index (χ0n) is 9.81. The lowest BCUT2D eigenvalue weighted by Crippen LogP contribution is -2.11. The number of hydrogen-bond acceptors (Lipinski definition) is 3. The summed E-state index contributed by atoms with van der Waals surface area (Å²) >= 11 is 11.8. The SMILES string of the molecule is CC1(C)C(Nc2cc(Cl)nnc2Cl)C1(C)C. The minimum absolute atomic E-state index is 0.242. The number of rotatable bonds is 2. The number of hydrogen-bond donors (Lipinski definition) is 1. The van der Waals surface area contributed by atoms with Crippen LogP contribution >= 0.6 is 23.2 Å². The van der Waals surface area contributed by atoms with Crippen LogP contribution in [0.5, 0.6) is 0 Å². The highest BCUT2D eigenvalue weighted by Crippen LogP contribution is 2.63. The monoisotopic (exact) mass is 259 g/mol. The van der Waals surface area contributed by atoms with Gasteiger partial charge in [0.05, 0.1) is 5.69 Å². The Labute approximate surface area is 106 Å². The molecule has 1 aromatic heterocycles. The molecule has 5 heteroatoms. The van der Waals surface area contributed by atoms with Gasteiger partial charge in [-0.3, -0.25) is 0 Å². The van der Waals surface area contributed by atoms with Crippen LogP contribution in [0.3, 0.4) is 0 Å². The molecule has 0 bridgehead atoms. The van der Waals surface area contributed by atoms with Gasteiger partial charge in [0.2, 0.25) is 0 Å². The van der Waals surface area contributed by atoms with Crippen LogP contribution in [0.25, 0.3) is 0 Å². The Morgan fingerprint density at radius 3 is 2.19 bits per heavy atom. The molecule has 3 nitrogen and oxygen atoms in total. The lowest BCUT2D eigenvalue weighted by atomic mass is 10.0. The van der Waals surface area contributed by atoms with Gasteiger partial charge in [0.25, 0.3) is 0 Å². The van der Waals surface area contributed by atoms with Crippen molar-refractivity contribution in [1.29, 1.82) is 0 Å². The van der Waals surface area contributed by atoms with E-state index in [4.69, 9.17) is 23.2 Å². The fraction of sp³-hybridized carbons (Fsp3) is 0.636. The molecule has 0 spiro atoms. The third kappa shape index (κ3) is 1.66. The smallest absolute Gasteiger partial charge is 0.174 e. The maximum absolute atomic E-state index is 5.96. The van der Waals surface area contributed by atoms with Crippen molar-refractivity contribution >= 4 is 28.9 Å². The van der Waals surface area contributed by atoms with E-state index in [1.165, 1.54) is 0 Å². The van der Waals surface area contributed by atoms with Crippen LogP contribution in [-0.2, 0) is 0 Å². The van der Waals surface area contributed by atoms with Gasteiger partial charge in [-0.15, -0.1) is 10.2 Å². The van der Waals surface area contributed by atoms with Gasteiger partial charge >= 0.3 is 0 Å². The average Bonchev–Trinajstić information content (AvgIpc) is 2.54. The first kappa shape index (κ1) is 11.9. The Morgan fingerprint density at radius 2 is 1.69 bits per heavy atom. The van der Waals surface area contributed by atoms with Crippen molar-refractivity contribution in [3.63, 3.8) is 0 Å². The first-order chi connectivity index (χ1) is 7.26. The van der Waals surface area contributed by atoms with Gasteiger partial charge in [-0.2, -0.15) is 0 Å². The molecule has 0 saturated heterocycles. The third-order valence-electron chi connectivity index (χ3n) is 4.04. The highest BCUT2D eigenvalue weighted by Gasteiger charge is 2.65. The van der Waals surface area contributed by atoms with Crippen molar-refractivity contribution in [3.8, 4) is 0 Å². The molecule has 1 aromatic rings. The molecule has 0 aromatic carbocycles. The van der Waals surface area contributed by atoms with Crippen molar-refractivity contribution in [2.24, 2.45) is 10.8 Å². The summed E-state index contributed by atoms with van der Waals surface area (Å²) in [4.78, 5) is 0. The van der Waals surface area contributed by atoms with E-state index in [9.17, 15) is 0 Å². The predicted molar refractivity (Wildman–Crippen MR) is 67.0 cm³/mol. The molecule has 0 radical (unpaired) electrons. The maximum atomic E-state index is 5.96. The topological polar surface area (TPSA) is 37.8 Å². The number of anilines is 1. The first-order valence-electron chi connectivity index (χ1n) is 5.22. The number of aromatic nitrogens is 2. The van der Waals surface area contributed by atoms with E-state index >= 15 is 0 Å². The molecule has 0 unspecified atom stereocenters. The molecule has 1 fully saturated rings. The van der Waals surface area contributed by atoms with E-state index in [-0.39, 0.29) is 10.8 Å². The summed E-state index contributed by atoms with van der Waals surface area (Å²) in [7, 11) is 0.